The van der Waals surface area contributed by atoms with Crippen molar-refractivity contribution in [2.24, 2.45) is 0 Å². The molecule has 1 aliphatic heterocycles. The second-order valence-corrected chi connectivity index (χ2v) is 10.5. The van der Waals surface area contributed by atoms with Crippen molar-refractivity contribution in [2.75, 3.05) is 37.6 Å². The number of aromatic nitrogens is 1. The highest BCUT2D eigenvalue weighted by Crippen LogP contribution is 2.32. The molecule has 1 aromatic carbocycles. The average Bonchev–Trinajstić information content (AvgIpc) is 2.69. The molecule has 2 aromatic rings. The van der Waals surface area contributed by atoms with E-state index in [4.69, 9.17) is 32.7 Å². The van der Waals surface area contributed by atoms with Gasteiger partial charge in [-0.3, -0.25) is 4.72 Å². The molecule has 9 nitrogen and oxygen atoms in total. The lowest BCUT2D eigenvalue weighted by molar-refractivity contribution is 0.0730. The predicted octanol–water partition coefficient (Wildman–Crippen LogP) is 2.61. The van der Waals surface area contributed by atoms with Crippen LogP contribution in [0.15, 0.2) is 40.1 Å². The number of benzene rings is 1. The van der Waals surface area contributed by atoms with Gasteiger partial charge in [-0.15, -0.1) is 0 Å². The van der Waals surface area contributed by atoms with Gasteiger partial charge in [0.2, 0.25) is 10.0 Å². The maximum atomic E-state index is 12.9. The minimum Gasteiger partial charge on any atom is -0.492 e. The van der Waals surface area contributed by atoms with Crippen LogP contribution in [0, 0.1) is 0 Å². The van der Waals surface area contributed by atoms with E-state index in [0.29, 0.717) is 0 Å². The summed E-state index contributed by atoms with van der Waals surface area (Å²) in [6.07, 6.45) is 0. The van der Waals surface area contributed by atoms with Gasteiger partial charge >= 0.3 is 0 Å². The third kappa shape index (κ3) is 4.98. The van der Waals surface area contributed by atoms with Crippen LogP contribution >= 0.6 is 23.2 Å². The summed E-state index contributed by atoms with van der Waals surface area (Å²) in [5, 5.41) is -0.280. The summed E-state index contributed by atoms with van der Waals surface area (Å²) >= 11 is 11.7. The molecule has 0 aliphatic carbocycles. The van der Waals surface area contributed by atoms with Gasteiger partial charge in [0.05, 0.1) is 30.4 Å². The van der Waals surface area contributed by atoms with Gasteiger partial charge < -0.3 is 9.47 Å². The Labute approximate surface area is 185 Å². The van der Waals surface area contributed by atoms with Crippen LogP contribution in [0.4, 0.5) is 5.69 Å². The first kappa shape index (κ1) is 23.0. The summed E-state index contributed by atoms with van der Waals surface area (Å²) in [5.74, 6) is 0.167. The Morgan fingerprint density at radius 1 is 1.13 bits per heavy atom. The Bertz CT molecular complexity index is 1140. The van der Waals surface area contributed by atoms with Gasteiger partial charge in [-0.1, -0.05) is 23.2 Å². The second-order valence-electron chi connectivity index (χ2n) is 6.14. The third-order valence-corrected chi connectivity index (χ3v) is 8.08. The van der Waals surface area contributed by atoms with E-state index in [-0.39, 0.29) is 64.4 Å². The van der Waals surface area contributed by atoms with Crippen molar-refractivity contribution in [3.05, 3.63) is 40.6 Å². The van der Waals surface area contributed by atoms with Crippen molar-refractivity contribution in [1.82, 2.24) is 9.29 Å². The van der Waals surface area contributed by atoms with E-state index in [1.807, 2.05) is 0 Å². The molecule has 0 saturated carbocycles. The number of nitrogens with zero attached hydrogens (tertiary/aromatic N) is 2. The highest BCUT2D eigenvalue weighted by Gasteiger charge is 2.28. The molecule has 13 heteroatoms. The van der Waals surface area contributed by atoms with Crippen LogP contribution in [0.2, 0.25) is 10.3 Å². The van der Waals surface area contributed by atoms with Crippen molar-refractivity contribution in [1.29, 1.82) is 0 Å². The maximum absolute atomic E-state index is 12.9. The van der Waals surface area contributed by atoms with Crippen LogP contribution in [0.25, 0.3) is 0 Å². The van der Waals surface area contributed by atoms with Gasteiger partial charge in [0.25, 0.3) is 10.0 Å². The molecule has 1 aliphatic rings. The lowest BCUT2D eigenvalue weighted by Crippen LogP contribution is -2.40. The summed E-state index contributed by atoms with van der Waals surface area (Å²) in [6.45, 7) is 2.96. The first-order chi connectivity index (χ1) is 14.1. The fourth-order valence-electron chi connectivity index (χ4n) is 2.77. The Morgan fingerprint density at radius 3 is 2.47 bits per heavy atom. The van der Waals surface area contributed by atoms with E-state index < -0.39 is 20.0 Å². The number of pyridine rings is 1. The quantitative estimate of drug-likeness (QED) is 0.586. The Morgan fingerprint density at radius 2 is 1.83 bits per heavy atom. The summed E-state index contributed by atoms with van der Waals surface area (Å²) in [5.41, 5.74) is -0.0443. The fraction of sp³-hybridized carbons (Fsp3) is 0.353. The number of halogens is 2. The summed E-state index contributed by atoms with van der Waals surface area (Å²) in [7, 11) is -8.04. The topological polar surface area (TPSA) is 115 Å². The molecule has 1 N–H and O–H groups in total. The standard InChI is InChI=1S/C17H19Cl2N3O6S2/c1-2-28-14-4-3-12(30(25,26)22-7-9-27-10-8-22)11-13(14)21-29(23,24)15-5-6-16(18)20-17(15)19/h3-6,11,21H,2,7-10H2,1H3. The largest absolute Gasteiger partial charge is 0.492 e. The molecule has 1 fully saturated rings. The predicted molar refractivity (Wildman–Crippen MR) is 112 cm³/mol. The van der Waals surface area contributed by atoms with E-state index in [1.54, 1.807) is 6.92 Å². The highest BCUT2D eigenvalue weighted by molar-refractivity contribution is 7.93. The molecule has 0 bridgehead atoms. The number of anilines is 1. The molecule has 0 unspecified atom stereocenters. The third-order valence-electron chi connectivity index (χ3n) is 4.17. The van der Waals surface area contributed by atoms with Gasteiger partial charge in [-0.2, -0.15) is 4.31 Å². The first-order valence-corrected chi connectivity index (χ1v) is 12.5. The monoisotopic (exact) mass is 495 g/mol. The van der Waals surface area contributed by atoms with E-state index in [2.05, 4.69) is 9.71 Å². The number of rotatable bonds is 7. The van der Waals surface area contributed by atoms with Crippen LogP contribution in [-0.2, 0) is 24.8 Å². The maximum Gasteiger partial charge on any atom is 0.265 e. The van der Waals surface area contributed by atoms with E-state index in [1.165, 1.54) is 34.6 Å². The molecule has 1 aromatic heterocycles. The molecule has 30 heavy (non-hydrogen) atoms. The zero-order valence-electron chi connectivity index (χ0n) is 15.8. The highest BCUT2D eigenvalue weighted by atomic mass is 35.5. The van der Waals surface area contributed by atoms with Gasteiger partial charge in [0.1, 0.15) is 15.8 Å². The zero-order chi connectivity index (χ0) is 21.9. The van der Waals surface area contributed by atoms with E-state index in [0.717, 1.165) is 0 Å². The van der Waals surface area contributed by atoms with Gasteiger partial charge in [0, 0.05) is 13.1 Å². The van der Waals surface area contributed by atoms with Crippen LogP contribution in [0.5, 0.6) is 5.75 Å². The van der Waals surface area contributed by atoms with Crippen LogP contribution in [0.1, 0.15) is 6.92 Å². The lowest BCUT2D eigenvalue weighted by Gasteiger charge is -2.26. The molecular formula is C17H19Cl2N3O6S2. The minimum absolute atomic E-state index is 0.0348. The minimum atomic E-state index is -4.20. The molecular weight excluding hydrogens is 477 g/mol. The zero-order valence-corrected chi connectivity index (χ0v) is 19.0. The van der Waals surface area contributed by atoms with Crippen LogP contribution in [-0.4, -0.2) is 59.0 Å². The number of hydrogen-bond donors (Lipinski definition) is 1. The first-order valence-electron chi connectivity index (χ1n) is 8.85. The molecule has 1 saturated heterocycles. The van der Waals surface area contributed by atoms with Crippen molar-refractivity contribution >= 4 is 48.9 Å². The summed E-state index contributed by atoms with van der Waals surface area (Å²) < 4.78 is 65.8. The van der Waals surface area contributed by atoms with Crippen LogP contribution in [0.3, 0.4) is 0 Å². The number of sulfonamides is 2. The molecule has 3 rings (SSSR count). The number of morpholine rings is 1. The summed E-state index contributed by atoms with van der Waals surface area (Å²) in [4.78, 5) is 3.34. The normalized spacial score (nSPS) is 15.7. The smallest absolute Gasteiger partial charge is 0.265 e. The summed E-state index contributed by atoms with van der Waals surface area (Å²) in [6, 6.07) is 6.46. The van der Waals surface area contributed by atoms with Crippen molar-refractivity contribution in [3.8, 4) is 5.75 Å². The molecule has 0 radical (unpaired) electrons. The molecule has 2 heterocycles. The molecule has 0 atom stereocenters. The van der Waals surface area contributed by atoms with E-state index >= 15 is 0 Å². The number of nitrogens with one attached hydrogen (secondary N) is 1. The van der Waals surface area contributed by atoms with Crippen molar-refractivity contribution < 1.29 is 26.3 Å². The Kier molecular flexibility index (Phi) is 7.10. The van der Waals surface area contributed by atoms with Crippen molar-refractivity contribution in [2.45, 2.75) is 16.7 Å². The van der Waals surface area contributed by atoms with Crippen molar-refractivity contribution in [3.63, 3.8) is 0 Å². The van der Waals surface area contributed by atoms with Gasteiger partial charge in [-0.25, -0.2) is 21.8 Å². The Balaban J connectivity index is 2.01. The second kappa shape index (κ2) is 9.25. The number of ether oxygens (including phenoxy) is 2. The lowest BCUT2D eigenvalue weighted by atomic mass is 10.3. The molecule has 0 amide bonds. The average molecular weight is 496 g/mol. The fourth-order valence-corrected chi connectivity index (χ4v) is 5.92. The van der Waals surface area contributed by atoms with Gasteiger partial charge in [-0.05, 0) is 37.3 Å². The number of hydrogen-bond acceptors (Lipinski definition) is 7. The SMILES string of the molecule is CCOc1ccc(S(=O)(=O)N2CCOCC2)cc1NS(=O)(=O)c1ccc(Cl)nc1Cl. The Hall–Kier alpha value is -1.63. The molecule has 164 valence electrons. The molecule has 0 spiro atoms. The van der Waals surface area contributed by atoms with Gasteiger partial charge in [0.15, 0.2) is 5.15 Å². The van der Waals surface area contributed by atoms with E-state index in [9.17, 15) is 16.8 Å². The van der Waals surface area contributed by atoms with Crippen LogP contribution < -0.4 is 9.46 Å².